The molecule has 4 aromatic carbocycles. The summed E-state index contributed by atoms with van der Waals surface area (Å²) >= 11 is 0. The summed E-state index contributed by atoms with van der Waals surface area (Å²) in [6, 6.07) is 15.1. The van der Waals surface area contributed by atoms with E-state index in [-0.39, 0.29) is 53.3 Å². The number of amides is 3. The summed E-state index contributed by atoms with van der Waals surface area (Å²) < 4.78 is 43.0. The van der Waals surface area contributed by atoms with Crippen LogP contribution in [0.4, 0.5) is 25.8 Å². The van der Waals surface area contributed by atoms with Crippen molar-refractivity contribution in [1.29, 1.82) is 0 Å². The molecule has 4 aliphatic rings. The molecule has 0 saturated carbocycles. The Morgan fingerprint density at radius 2 is 1.38 bits per heavy atom. The first-order valence-electron chi connectivity index (χ1n) is 24.2. The molecule has 8 rings (SSSR count). The van der Waals surface area contributed by atoms with E-state index in [1.165, 1.54) is 68.6 Å². The summed E-state index contributed by atoms with van der Waals surface area (Å²) in [7, 11) is 1.28. The highest BCUT2D eigenvalue weighted by Gasteiger charge is 2.52. The SMILES string of the molecule is C#CCOC(=O)[C@H]1O[C@@H](OC(=O)Nc2ccc(COC(=O)Nc3ccc(COC(=O)N[C@H]4C[C@H](O[C@H]5C[C@](O)(C(=O)CO)Cc6c(O)c7c(c(O)c65)C(=O)c5c(OC)cccc5C7=O)O[C@@H](C)[C@H]4O)cc3)cc2)[C@H](O)[C@@H](O)[C@@H]1O. The Bertz CT molecular complexity index is 3070. The van der Waals surface area contributed by atoms with Gasteiger partial charge in [0.05, 0.1) is 42.0 Å². The number of aliphatic hydroxyl groups is 6. The number of hydrogen-bond acceptors (Lipinski definition) is 23. The van der Waals surface area contributed by atoms with E-state index in [2.05, 4.69) is 16.0 Å². The van der Waals surface area contributed by atoms with E-state index >= 15 is 0 Å². The second kappa shape index (κ2) is 23.8. The van der Waals surface area contributed by atoms with E-state index in [9.17, 15) is 74.4 Å². The molecular formula is C53H53N3O23. The number of nitrogens with one attached hydrogen (secondary N) is 3. The van der Waals surface area contributed by atoms with Crippen LogP contribution in [-0.2, 0) is 62.4 Å². The largest absolute Gasteiger partial charge is 0.507 e. The zero-order valence-electron chi connectivity index (χ0n) is 41.9. The minimum atomic E-state index is -2.41. The lowest BCUT2D eigenvalue weighted by Gasteiger charge is -2.42. The zero-order chi connectivity index (χ0) is 57.0. The van der Waals surface area contributed by atoms with Crippen LogP contribution in [0.3, 0.4) is 0 Å². The third-order valence-electron chi connectivity index (χ3n) is 13.5. The van der Waals surface area contributed by atoms with Crippen molar-refractivity contribution in [2.75, 3.05) is 31.0 Å². The molecule has 26 nitrogen and oxygen atoms in total. The van der Waals surface area contributed by atoms with Gasteiger partial charge in [0.15, 0.2) is 30.6 Å². The Morgan fingerprint density at radius 3 is 2.00 bits per heavy atom. The van der Waals surface area contributed by atoms with Gasteiger partial charge in [-0.1, -0.05) is 42.3 Å². The van der Waals surface area contributed by atoms with E-state index in [0.29, 0.717) is 16.8 Å². The lowest BCUT2D eigenvalue weighted by molar-refractivity contribution is -0.278. The number of carbonyl (C=O) groups is 7. The minimum absolute atomic E-state index is 0.0213. The smallest absolute Gasteiger partial charge is 0.414 e. The summed E-state index contributed by atoms with van der Waals surface area (Å²) in [6.07, 6.45) is -14.3. The molecule has 418 valence electrons. The first-order valence-corrected chi connectivity index (χ1v) is 24.2. The van der Waals surface area contributed by atoms with Crippen LogP contribution in [-0.4, -0.2) is 164 Å². The molecule has 11 atom stereocenters. The monoisotopic (exact) mass is 1100 g/mol. The fourth-order valence-corrected chi connectivity index (χ4v) is 9.46. The highest BCUT2D eigenvalue weighted by molar-refractivity contribution is 6.31. The first kappa shape index (κ1) is 57.0. The molecular weight excluding hydrogens is 1050 g/mol. The molecule has 0 spiro atoms. The maximum Gasteiger partial charge on any atom is 0.414 e. The molecule has 2 heterocycles. The van der Waals surface area contributed by atoms with Crippen molar-refractivity contribution in [2.45, 2.75) is 106 Å². The summed E-state index contributed by atoms with van der Waals surface area (Å²) in [4.78, 5) is 91.4. The number of phenols is 2. The number of aromatic hydroxyl groups is 2. The van der Waals surface area contributed by atoms with Gasteiger partial charge in [0, 0.05) is 47.3 Å². The van der Waals surface area contributed by atoms with Gasteiger partial charge in [0.2, 0.25) is 12.1 Å². The number of fused-ring (bicyclic) bond motifs is 3. The number of esters is 1. The number of benzene rings is 4. The molecule has 0 unspecified atom stereocenters. The fourth-order valence-electron chi connectivity index (χ4n) is 9.46. The number of carbonyl (C=O) groups excluding carboxylic acids is 7. The molecule has 79 heavy (non-hydrogen) atoms. The first-order chi connectivity index (χ1) is 37.7. The van der Waals surface area contributed by atoms with E-state index in [1.54, 1.807) is 12.1 Å². The summed E-state index contributed by atoms with van der Waals surface area (Å²) in [5.74, 6) is -3.47. The number of phenolic OH excluding ortho intramolecular Hbond substituents is 2. The predicted molar refractivity (Wildman–Crippen MR) is 264 cm³/mol. The predicted octanol–water partition coefficient (Wildman–Crippen LogP) is 1.25. The van der Waals surface area contributed by atoms with Crippen molar-refractivity contribution in [3.05, 3.63) is 111 Å². The second-order valence-electron chi connectivity index (χ2n) is 18.7. The van der Waals surface area contributed by atoms with Crippen molar-refractivity contribution < 1.29 is 112 Å². The number of rotatable bonds is 15. The molecule has 11 N–H and O–H groups in total. The van der Waals surface area contributed by atoms with Crippen molar-refractivity contribution >= 4 is 53.0 Å². The fraction of sp³-hybridized carbons (Fsp3) is 0.377. The minimum Gasteiger partial charge on any atom is -0.507 e. The highest BCUT2D eigenvalue weighted by Crippen LogP contribution is 2.52. The quantitative estimate of drug-likeness (QED) is 0.0304. The summed E-state index contributed by atoms with van der Waals surface area (Å²) in [5, 5.41) is 94.0. The molecule has 2 saturated heterocycles. The Labute approximate surface area is 447 Å². The van der Waals surface area contributed by atoms with Crippen LogP contribution in [0, 0.1) is 12.3 Å². The standard InChI is InChI=1S/C53H53N3O23/c1-4-16-73-48(67)47-45(65)44(64)46(66)49(78-47)79-52(70)55-27-14-10-24(11-15-27)21-74-50(68)54-26-12-8-25(9-13-26)22-75-51(69)56-30-17-34(76-23(2)39(30)59)77-32-19-53(71,33(58)20-57)18-29-36(32)43(63)38-37(41(29)61)40(60)28-6-5-7-31(72-3)35(28)42(38)62/h1,5-15,23,30,32,34,39,44-47,49,57,59,61,63-66,71H,16-22H2,2-3H3,(H,54,68)(H,55,70)(H,56,69)/t23-,30-,32-,34-,39+,44-,45-,46+,47-,49-,53-/m0/s1. The van der Waals surface area contributed by atoms with Crippen LogP contribution in [0.15, 0.2) is 66.7 Å². The average Bonchev–Trinajstić information content (AvgIpc) is 3.56. The number of alkyl carbamates (subject to hydrolysis) is 1. The van der Waals surface area contributed by atoms with Gasteiger partial charge in [-0.2, -0.15) is 0 Å². The normalized spacial score (nSPS) is 25.9. The third kappa shape index (κ3) is 11.9. The van der Waals surface area contributed by atoms with Gasteiger partial charge < -0.3 is 84.1 Å². The number of aliphatic hydroxyl groups excluding tert-OH is 5. The maximum atomic E-state index is 14.0. The number of Topliss-reactive ketones (excluding diaryl/α,β-unsaturated/α-hetero) is 1. The van der Waals surface area contributed by atoms with Gasteiger partial charge in [0.25, 0.3) is 0 Å². The molecule has 2 aliphatic carbocycles. The molecule has 3 amide bonds. The number of ketones is 3. The van der Waals surface area contributed by atoms with Crippen molar-refractivity contribution in [1.82, 2.24) is 5.32 Å². The van der Waals surface area contributed by atoms with Crippen molar-refractivity contribution in [3.63, 3.8) is 0 Å². The van der Waals surface area contributed by atoms with Crippen LogP contribution in [0.1, 0.15) is 80.0 Å². The van der Waals surface area contributed by atoms with E-state index in [4.69, 9.17) is 44.3 Å². The Morgan fingerprint density at radius 1 is 0.759 bits per heavy atom. The molecule has 2 fully saturated rings. The number of methoxy groups -OCH3 is 1. The van der Waals surface area contributed by atoms with Crippen molar-refractivity contribution in [3.8, 4) is 29.6 Å². The lowest BCUT2D eigenvalue weighted by Crippen LogP contribution is -2.61. The Hall–Kier alpha value is -8.23. The topological polar surface area (TPSA) is 391 Å². The van der Waals surface area contributed by atoms with Crippen LogP contribution in [0.2, 0.25) is 0 Å². The molecule has 26 heteroatoms. The Kier molecular flexibility index (Phi) is 17.2. The maximum absolute atomic E-state index is 14.0. The third-order valence-corrected chi connectivity index (χ3v) is 13.5. The number of hydrogen-bond donors (Lipinski definition) is 11. The number of terminal acetylenes is 1. The lowest BCUT2D eigenvalue weighted by atomic mass is 9.72. The molecule has 0 aromatic heterocycles. The molecule has 0 bridgehead atoms. The van der Waals surface area contributed by atoms with Gasteiger partial charge in [-0.15, -0.1) is 6.42 Å². The highest BCUT2D eigenvalue weighted by atomic mass is 16.7. The summed E-state index contributed by atoms with van der Waals surface area (Å²) in [5.41, 5.74) is -2.95. The van der Waals surface area contributed by atoms with Gasteiger partial charge in [-0.05, 0) is 48.4 Å². The zero-order valence-corrected chi connectivity index (χ0v) is 41.9. The van der Waals surface area contributed by atoms with Gasteiger partial charge in [-0.25, -0.2) is 19.2 Å². The average molecular weight is 1100 g/mol. The second-order valence-corrected chi connectivity index (χ2v) is 18.7. The van der Waals surface area contributed by atoms with Crippen LogP contribution < -0.4 is 20.7 Å². The molecule has 4 aromatic rings. The Balaban J connectivity index is 0.827. The van der Waals surface area contributed by atoms with E-state index in [1.807, 2.05) is 5.92 Å². The van der Waals surface area contributed by atoms with E-state index in [0.717, 1.165) is 0 Å². The molecule has 2 aliphatic heterocycles. The number of ether oxygens (including phenoxy) is 8. The van der Waals surface area contributed by atoms with Crippen molar-refractivity contribution in [2.24, 2.45) is 0 Å². The van der Waals surface area contributed by atoms with Gasteiger partial charge in [-0.3, -0.25) is 25.0 Å². The number of anilines is 2. The van der Waals surface area contributed by atoms with Crippen LogP contribution >= 0.6 is 0 Å². The summed E-state index contributed by atoms with van der Waals surface area (Å²) in [6.45, 7) is -0.610. The van der Waals surface area contributed by atoms with Gasteiger partial charge in [0.1, 0.15) is 67.1 Å². The van der Waals surface area contributed by atoms with E-state index < -0.39 is 157 Å². The van der Waals surface area contributed by atoms with Crippen LogP contribution in [0.25, 0.3) is 0 Å². The molecule has 0 radical (unpaired) electrons. The van der Waals surface area contributed by atoms with Gasteiger partial charge >= 0.3 is 24.2 Å². The van der Waals surface area contributed by atoms with Crippen LogP contribution in [0.5, 0.6) is 17.2 Å².